The third-order valence-corrected chi connectivity index (χ3v) is 3.51. The summed E-state index contributed by atoms with van der Waals surface area (Å²) >= 11 is 0. The number of ether oxygens (including phenoxy) is 1. The van der Waals surface area contributed by atoms with Gasteiger partial charge in [-0.15, -0.1) is 0 Å². The summed E-state index contributed by atoms with van der Waals surface area (Å²) in [5, 5.41) is 0. The lowest BCUT2D eigenvalue weighted by Gasteiger charge is -2.44. The summed E-state index contributed by atoms with van der Waals surface area (Å²) in [4.78, 5) is 19.8. The standard InChI is InChI=1S/C12H16N4O2/c13-10-5-14-2-1-11(10)15-3-4-16-9(6-15)7-18-8-12(16)17/h1-2,5,9H,3-4,6-8,13H2. The number of piperazine rings is 1. The first kappa shape index (κ1) is 11.3. The molecule has 3 heterocycles. The van der Waals surface area contributed by atoms with Crippen LogP contribution in [-0.4, -0.2) is 54.7 Å². The average Bonchev–Trinajstić information content (AvgIpc) is 2.39. The maximum atomic E-state index is 11.7. The molecule has 2 aliphatic heterocycles. The normalized spacial score (nSPS) is 24.0. The molecule has 18 heavy (non-hydrogen) atoms. The van der Waals surface area contributed by atoms with Crippen molar-refractivity contribution in [1.82, 2.24) is 9.88 Å². The van der Waals surface area contributed by atoms with Crippen LogP contribution in [0.2, 0.25) is 0 Å². The number of hydrogen-bond donors (Lipinski definition) is 1. The molecule has 0 spiro atoms. The number of fused-ring (bicyclic) bond motifs is 1. The van der Waals surface area contributed by atoms with Gasteiger partial charge in [-0.25, -0.2) is 0 Å². The van der Waals surface area contributed by atoms with Crippen molar-refractivity contribution in [3.8, 4) is 0 Å². The highest BCUT2D eigenvalue weighted by molar-refractivity contribution is 5.79. The summed E-state index contributed by atoms with van der Waals surface area (Å²) in [5.41, 5.74) is 7.59. The predicted molar refractivity (Wildman–Crippen MR) is 67.2 cm³/mol. The minimum absolute atomic E-state index is 0.0913. The Bertz CT molecular complexity index is 465. The van der Waals surface area contributed by atoms with Crippen molar-refractivity contribution in [3.63, 3.8) is 0 Å². The number of carbonyl (C=O) groups is 1. The van der Waals surface area contributed by atoms with Gasteiger partial charge in [-0.05, 0) is 6.07 Å². The topological polar surface area (TPSA) is 71.7 Å². The van der Waals surface area contributed by atoms with Gasteiger partial charge >= 0.3 is 0 Å². The van der Waals surface area contributed by atoms with E-state index in [1.54, 1.807) is 12.4 Å². The summed E-state index contributed by atoms with van der Waals surface area (Å²) in [7, 11) is 0. The van der Waals surface area contributed by atoms with Gasteiger partial charge in [0.2, 0.25) is 5.91 Å². The Morgan fingerprint density at radius 3 is 3.17 bits per heavy atom. The third-order valence-electron chi connectivity index (χ3n) is 3.51. The Morgan fingerprint density at radius 2 is 2.33 bits per heavy atom. The molecule has 1 aromatic heterocycles. The van der Waals surface area contributed by atoms with Crippen molar-refractivity contribution < 1.29 is 9.53 Å². The zero-order chi connectivity index (χ0) is 12.5. The van der Waals surface area contributed by atoms with E-state index < -0.39 is 0 Å². The van der Waals surface area contributed by atoms with Gasteiger partial charge in [0.25, 0.3) is 0 Å². The molecule has 0 aliphatic carbocycles. The van der Waals surface area contributed by atoms with Gasteiger partial charge in [-0.3, -0.25) is 9.78 Å². The first-order chi connectivity index (χ1) is 8.75. The SMILES string of the molecule is Nc1cnccc1N1CCN2C(=O)COCC2C1. The summed E-state index contributed by atoms with van der Waals surface area (Å²) < 4.78 is 5.30. The van der Waals surface area contributed by atoms with E-state index in [1.807, 2.05) is 11.0 Å². The monoisotopic (exact) mass is 248 g/mol. The molecule has 0 radical (unpaired) electrons. The molecule has 1 aromatic rings. The van der Waals surface area contributed by atoms with E-state index in [1.165, 1.54) is 0 Å². The molecule has 1 unspecified atom stereocenters. The predicted octanol–water partition coefficient (Wildman–Crippen LogP) is -0.289. The fourth-order valence-corrected chi connectivity index (χ4v) is 2.60. The highest BCUT2D eigenvalue weighted by Crippen LogP contribution is 2.25. The molecule has 6 heteroatoms. The van der Waals surface area contributed by atoms with Crippen LogP contribution in [0, 0.1) is 0 Å². The fourth-order valence-electron chi connectivity index (χ4n) is 2.60. The summed E-state index contributed by atoms with van der Waals surface area (Å²) in [5.74, 6) is 0.0913. The number of hydrogen-bond acceptors (Lipinski definition) is 5. The molecule has 2 fully saturated rings. The number of amides is 1. The lowest BCUT2D eigenvalue weighted by atomic mass is 10.1. The number of nitrogens with two attached hydrogens (primary N) is 1. The maximum Gasteiger partial charge on any atom is 0.249 e. The quantitative estimate of drug-likeness (QED) is 0.739. The first-order valence-electron chi connectivity index (χ1n) is 6.07. The molecule has 96 valence electrons. The van der Waals surface area contributed by atoms with E-state index in [0.717, 1.165) is 25.3 Å². The Morgan fingerprint density at radius 1 is 1.44 bits per heavy atom. The zero-order valence-electron chi connectivity index (χ0n) is 10.1. The minimum Gasteiger partial charge on any atom is -0.396 e. The Kier molecular flexibility index (Phi) is 2.79. The lowest BCUT2D eigenvalue weighted by Crippen LogP contribution is -2.60. The summed E-state index contributed by atoms with van der Waals surface area (Å²) in [6.07, 6.45) is 3.39. The van der Waals surface area contributed by atoms with E-state index in [4.69, 9.17) is 10.5 Å². The van der Waals surface area contributed by atoms with E-state index in [-0.39, 0.29) is 18.6 Å². The maximum absolute atomic E-state index is 11.7. The minimum atomic E-state index is 0.0913. The lowest BCUT2D eigenvalue weighted by molar-refractivity contribution is -0.148. The van der Waals surface area contributed by atoms with Crippen molar-refractivity contribution in [2.75, 3.05) is 43.5 Å². The second-order valence-corrected chi connectivity index (χ2v) is 4.64. The van der Waals surface area contributed by atoms with Gasteiger partial charge in [-0.1, -0.05) is 0 Å². The average molecular weight is 248 g/mol. The van der Waals surface area contributed by atoms with E-state index in [2.05, 4.69) is 9.88 Å². The first-order valence-corrected chi connectivity index (χ1v) is 6.07. The zero-order valence-corrected chi connectivity index (χ0v) is 10.1. The highest BCUT2D eigenvalue weighted by atomic mass is 16.5. The van der Waals surface area contributed by atoms with Crippen LogP contribution in [0.4, 0.5) is 11.4 Å². The van der Waals surface area contributed by atoms with Crippen LogP contribution < -0.4 is 10.6 Å². The van der Waals surface area contributed by atoms with Crippen molar-refractivity contribution in [1.29, 1.82) is 0 Å². The van der Waals surface area contributed by atoms with Gasteiger partial charge in [0.1, 0.15) is 6.61 Å². The second-order valence-electron chi connectivity index (χ2n) is 4.64. The van der Waals surface area contributed by atoms with Crippen LogP contribution in [-0.2, 0) is 9.53 Å². The van der Waals surface area contributed by atoms with Gasteiger partial charge in [0.15, 0.2) is 0 Å². The van der Waals surface area contributed by atoms with Crippen molar-refractivity contribution >= 4 is 17.3 Å². The fraction of sp³-hybridized carbons (Fsp3) is 0.500. The number of nitrogens with zero attached hydrogens (tertiary/aromatic N) is 3. The second kappa shape index (κ2) is 4.45. The third kappa shape index (κ3) is 1.88. The van der Waals surface area contributed by atoms with Gasteiger partial charge in [-0.2, -0.15) is 0 Å². The Labute approximate surface area is 105 Å². The smallest absolute Gasteiger partial charge is 0.249 e. The number of morpholine rings is 1. The van der Waals surface area contributed by atoms with Crippen molar-refractivity contribution in [2.24, 2.45) is 0 Å². The number of anilines is 2. The molecule has 2 saturated heterocycles. The van der Waals surface area contributed by atoms with E-state index in [0.29, 0.717) is 12.3 Å². The van der Waals surface area contributed by atoms with Gasteiger partial charge in [0, 0.05) is 25.8 Å². The molecule has 2 aliphatic rings. The van der Waals surface area contributed by atoms with Gasteiger partial charge in [0.05, 0.1) is 30.2 Å². The Balaban J connectivity index is 1.78. The molecular formula is C12H16N4O2. The largest absolute Gasteiger partial charge is 0.396 e. The molecule has 0 saturated carbocycles. The highest BCUT2D eigenvalue weighted by Gasteiger charge is 2.34. The molecule has 0 bridgehead atoms. The number of aromatic nitrogens is 1. The number of rotatable bonds is 1. The summed E-state index contributed by atoms with van der Waals surface area (Å²) in [6, 6.07) is 2.05. The number of carbonyl (C=O) groups excluding carboxylic acids is 1. The molecule has 6 nitrogen and oxygen atoms in total. The van der Waals surface area contributed by atoms with Crippen LogP contribution in [0.15, 0.2) is 18.5 Å². The molecule has 2 N–H and O–H groups in total. The number of pyridine rings is 1. The van der Waals surface area contributed by atoms with Gasteiger partial charge < -0.3 is 20.3 Å². The molecule has 1 atom stereocenters. The Hall–Kier alpha value is -1.82. The summed E-state index contributed by atoms with van der Waals surface area (Å²) in [6.45, 7) is 3.12. The van der Waals surface area contributed by atoms with Crippen molar-refractivity contribution in [3.05, 3.63) is 18.5 Å². The van der Waals surface area contributed by atoms with Crippen molar-refractivity contribution in [2.45, 2.75) is 6.04 Å². The molecule has 3 rings (SSSR count). The van der Waals surface area contributed by atoms with E-state index >= 15 is 0 Å². The van der Waals surface area contributed by atoms with E-state index in [9.17, 15) is 4.79 Å². The van der Waals surface area contributed by atoms with Crippen LogP contribution in [0.5, 0.6) is 0 Å². The molecule has 1 amide bonds. The number of nitrogen functional groups attached to an aromatic ring is 1. The van der Waals surface area contributed by atoms with Crippen LogP contribution in [0.25, 0.3) is 0 Å². The molecule has 0 aromatic carbocycles. The van der Waals surface area contributed by atoms with Crippen LogP contribution in [0.1, 0.15) is 0 Å². The van der Waals surface area contributed by atoms with Crippen LogP contribution in [0.3, 0.4) is 0 Å². The molecular weight excluding hydrogens is 232 g/mol. The van der Waals surface area contributed by atoms with Crippen LogP contribution >= 0.6 is 0 Å².